The van der Waals surface area contributed by atoms with Gasteiger partial charge in [-0.2, -0.15) is 13.2 Å². The van der Waals surface area contributed by atoms with E-state index in [0.717, 1.165) is 26.9 Å². The van der Waals surface area contributed by atoms with E-state index in [0.29, 0.717) is 32.8 Å². The van der Waals surface area contributed by atoms with Crippen LogP contribution in [-0.4, -0.2) is 116 Å². The molecule has 0 aromatic heterocycles. The summed E-state index contributed by atoms with van der Waals surface area (Å²) < 4.78 is 80.6. The molecule has 1 atom stereocenters. The summed E-state index contributed by atoms with van der Waals surface area (Å²) in [7, 11) is -3.89. The van der Waals surface area contributed by atoms with Crippen molar-refractivity contribution in [2.24, 2.45) is 5.92 Å². The van der Waals surface area contributed by atoms with Crippen molar-refractivity contribution in [3.63, 3.8) is 0 Å². The van der Waals surface area contributed by atoms with E-state index in [-0.39, 0.29) is 51.4 Å². The van der Waals surface area contributed by atoms with E-state index >= 15 is 0 Å². The van der Waals surface area contributed by atoms with Gasteiger partial charge < -0.3 is 19.2 Å². The number of imide groups is 2. The fourth-order valence-corrected chi connectivity index (χ4v) is 9.08. The Labute approximate surface area is 332 Å². The van der Waals surface area contributed by atoms with Gasteiger partial charge >= 0.3 is 12.2 Å². The van der Waals surface area contributed by atoms with Gasteiger partial charge in [0.05, 0.1) is 55.1 Å². The van der Waals surface area contributed by atoms with Crippen LogP contribution in [0.15, 0.2) is 83.6 Å². The van der Waals surface area contributed by atoms with Crippen molar-refractivity contribution in [1.82, 2.24) is 25.2 Å². The summed E-state index contributed by atoms with van der Waals surface area (Å²) in [5, 5.41) is 1.11. The second-order valence-corrected chi connectivity index (χ2v) is 16.9. The number of benzene rings is 3. The number of nitrogens with one attached hydrogen (secondary N) is 1. The molecule has 4 aliphatic rings. The van der Waals surface area contributed by atoms with Gasteiger partial charge in [-0.05, 0) is 55.3 Å². The Kier molecular flexibility index (Phi) is 11.0. The average Bonchev–Trinajstić information content (AvgIpc) is 3.80. The van der Waals surface area contributed by atoms with Crippen LogP contribution >= 0.6 is 0 Å². The van der Waals surface area contributed by atoms with E-state index in [2.05, 4.69) is 10.5 Å². The molecule has 2 fully saturated rings. The molecular formula is C39H41F3N6O9S. The van der Waals surface area contributed by atoms with Crippen molar-refractivity contribution in [3.05, 3.63) is 95.4 Å². The Balaban J connectivity index is 1.12. The first kappa shape index (κ1) is 40.7. The summed E-state index contributed by atoms with van der Waals surface area (Å²) in [6.07, 6.45) is -3.67. The minimum absolute atomic E-state index is 0.0158. The van der Waals surface area contributed by atoms with Crippen LogP contribution in [0.4, 0.5) is 23.7 Å². The van der Waals surface area contributed by atoms with Crippen LogP contribution in [0.25, 0.3) is 0 Å². The van der Waals surface area contributed by atoms with Gasteiger partial charge in [-0.25, -0.2) is 18.2 Å². The molecule has 5 amide bonds. The number of rotatable bonds is 13. The highest BCUT2D eigenvalue weighted by molar-refractivity contribution is 7.91. The first-order valence-corrected chi connectivity index (χ1v) is 20.2. The fourth-order valence-electron chi connectivity index (χ4n) is 7.32. The lowest BCUT2D eigenvalue weighted by molar-refractivity contribution is -0.138. The SMILES string of the molecule is CC(C)CS(=O)(=O)c1ccccc1Oc1ccc(N2C=C(CN3C(=O)N(CCN4CCOCC4)C(C)(CN4C(=O)c5ccccc5C4=O)C3=O)ON2)cc1C(F)(F)F. The molecule has 19 heteroatoms. The topological polar surface area (TPSA) is 158 Å². The highest BCUT2D eigenvalue weighted by Gasteiger charge is 2.57. The average molecular weight is 827 g/mol. The van der Waals surface area contributed by atoms with E-state index < -0.39 is 69.7 Å². The van der Waals surface area contributed by atoms with E-state index in [9.17, 15) is 40.8 Å². The van der Waals surface area contributed by atoms with E-state index in [1.165, 1.54) is 60.5 Å². The summed E-state index contributed by atoms with van der Waals surface area (Å²) in [4.78, 5) is 65.7. The quantitative estimate of drug-likeness (QED) is 0.188. The molecule has 58 heavy (non-hydrogen) atoms. The maximum absolute atomic E-state index is 14.5. The maximum Gasteiger partial charge on any atom is 0.420 e. The van der Waals surface area contributed by atoms with E-state index in [1.54, 1.807) is 26.0 Å². The molecule has 0 aliphatic carbocycles. The number of para-hydroxylation sites is 1. The lowest BCUT2D eigenvalue weighted by Gasteiger charge is -2.36. The van der Waals surface area contributed by atoms with Gasteiger partial charge in [0.1, 0.15) is 27.5 Å². The van der Waals surface area contributed by atoms with Crippen molar-refractivity contribution in [3.8, 4) is 11.5 Å². The third-order valence-corrected chi connectivity index (χ3v) is 12.3. The Morgan fingerprint density at radius 3 is 2.19 bits per heavy atom. The van der Waals surface area contributed by atoms with Crippen LogP contribution in [-0.2, 0) is 30.4 Å². The van der Waals surface area contributed by atoms with Crippen molar-refractivity contribution in [2.45, 2.75) is 37.4 Å². The van der Waals surface area contributed by atoms with Gasteiger partial charge in [0.15, 0.2) is 15.6 Å². The summed E-state index contributed by atoms with van der Waals surface area (Å²) in [5.41, 5.74) is -0.107. The number of fused-ring (bicyclic) bond motifs is 1. The van der Waals surface area contributed by atoms with Crippen LogP contribution in [0.2, 0.25) is 0 Å². The number of sulfone groups is 1. The van der Waals surface area contributed by atoms with Crippen LogP contribution in [0.5, 0.6) is 11.5 Å². The minimum atomic E-state index is -4.94. The van der Waals surface area contributed by atoms with Crippen molar-refractivity contribution >= 4 is 39.3 Å². The molecule has 0 spiro atoms. The van der Waals surface area contributed by atoms with Crippen molar-refractivity contribution < 1.29 is 55.1 Å². The highest BCUT2D eigenvalue weighted by atomic mass is 32.2. The normalized spacial score (nSPS) is 20.4. The Bertz CT molecular complexity index is 2250. The monoisotopic (exact) mass is 826 g/mol. The van der Waals surface area contributed by atoms with Gasteiger partial charge in [-0.3, -0.25) is 29.1 Å². The zero-order chi connectivity index (χ0) is 41.6. The number of amides is 5. The Morgan fingerprint density at radius 1 is 0.879 bits per heavy atom. The number of carbonyl (C=O) groups excluding carboxylic acids is 4. The number of hydrogen-bond donors (Lipinski definition) is 1. The number of hydrogen-bond acceptors (Lipinski definition) is 12. The first-order valence-electron chi connectivity index (χ1n) is 18.5. The fraction of sp³-hybridized carbons (Fsp3) is 0.385. The second-order valence-electron chi connectivity index (χ2n) is 14.9. The molecule has 4 heterocycles. The number of alkyl halides is 3. The molecular weight excluding hydrogens is 786 g/mol. The summed E-state index contributed by atoms with van der Waals surface area (Å²) in [6, 6.07) is 14.1. The molecule has 0 bridgehead atoms. The third kappa shape index (κ3) is 7.86. The molecule has 2 saturated heterocycles. The predicted molar refractivity (Wildman–Crippen MR) is 201 cm³/mol. The van der Waals surface area contributed by atoms with Gasteiger partial charge in [-0.15, -0.1) is 0 Å². The molecule has 0 saturated carbocycles. The van der Waals surface area contributed by atoms with Crippen LogP contribution in [0.1, 0.15) is 47.1 Å². The van der Waals surface area contributed by atoms with Crippen LogP contribution in [0, 0.1) is 5.92 Å². The van der Waals surface area contributed by atoms with Gasteiger partial charge in [0.2, 0.25) is 0 Å². The molecule has 3 aromatic carbocycles. The Morgan fingerprint density at radius 2 is 1.53 bits per heavy atom. The number of nitrogens with zero attached hydrogens (tertiary/aromatic N) is 5. The van der Waals surface area contributed by atoms with E-state index in [4.69, 9.17) is 14.3 Å². The number of urea groups is 1. The number of ether oxygens (including phenoxy) is 2. The highest BCUT2D eigenvalue weighted by Crippen LogP contribution is 2.42. The maximum atomic E-state index is 14.5. The molecule has 7 rings (SSSR count). The van der Waals surface area contributed by atoms with Gasteiger partial charge in [0.25, 0.3) is 17.7 Å². The summed E-state index contributed by atoms with van der Waals surface area (Å²) in [6.45, 7) is 6.70. The molecule has 3 aromatic rings. The zero-order valence-corrected chi connectivity index (χ0v) is 32.6. The largest absolute Gasteiger partial charge is 0.455 e. The third-order valence-electron chi connectivity index (χ3n) is 10.2. The van der Waals surface area contributed by atoms with Crippen LogP contribution in [0.3, 0.4) is 0 Å². The van der Waals surface area contributed by atoms with E-state index in [1.807, 2.05) is 0 Å². The number of carbonyl (C=O) groups is 4. The van der Waals surface area contributed by atoms with Gasteiger partial charge in [-0.1, -0.05) is 43.7 Å². The molecule has 15 nitrogen and oxygen atoms in total. The van der Waals surface area contributed by atoms with Gasteiger partial charge in [0, 0.05) is 26.2 Å². The molecule has 1 unspecified atom stereocenters. The van der Waals surface area contributed by atoms with Crippen molar-refractivity contribution in [1.29, 1.82) is 0 Å². The summed E-state index contributed by atoms with van der Waals surface area (Å²) in [5.74, 6) is -3.30. The second kappa shape index (κ2) is 15.7. The standard InChI is InChI=1S/C39H41F3N6O9S/c1-25(2)23-58(53,54)33-11-7-6-10-32(33)56-31-13-12-26(20-30(31)39(40,41)42)48-22-27(57-43-48)21-45-36(51)38(3,47(37(45)52)15-14-44-16-18-55-19-17-44)24-46-34(49)28-8-4-5-9-29(28)35(46)50/h4-13,20,22,25,43H,14-19,21,23-24H2,1-3H3. The number of morpholine rings is 1. The minimum Gasteiger partial charge on any atom is -0.455 e. The molecule has 308 valence electrons. The first-order chi connectivity index (χ1) is 27.5. The number of anilines is 1. The molecule has 1 N–H and O–H groups in total. The molecule has 0 radical (unpaired) electrons. The van der Waals surface area contributed by atoms with Crippen LogP contribution < -0.4 is 15.3 Å². The lowest BCUT2D eigenvalue weighted by Crippen LogP contribution is -2.57. The smallest absolute Gasteiger partial charge is 0.420 e. The van der Waals surface area contributed by atoms with Crippen molar-refractivity contribution in [2.75, 3.05) is 63.2 Å². The predicted octanol–water partition coefficient (Wildman–Crippen LogP) is 4.68. The zero-order valence-electron chi connectivity index (χ0n) is 31.8. The lowest BCUT2D eigenvalue weighted by atomic mass is 9.99. The number of halogens is 3. The summed E-state index contributed by atoms with van der Waals surface area (Å²) >= 11 is 0. The Hall–Kier alpha value is -5.50. The number of hydrazine groups is 1. The molecule has 4 aliphatic heterocycles.